The molecule has 0 bridgehead atoms. The minimum Gasteiger partial charge on any atom is -0.466 e. The van der Waals surface area contributed by atoms with Crippen molar-refractivity contribution in [3.8, 4) is 0 Å². The fourth-order valence-electron chi connectivity index (χ4n) is 5.75. The number of likely N-dealkylation sites (tertiary alicyclic amines) is 2. The highest BCUT2D eigenvalue weighted by molar-refractivity contribution is 5.99. The molecule has 2 aliphatic rings. The van der Waals surface area contributed by atoms with Crippen LogP contribution in [-0.2, 0) is 32.1 Å². The van der Waals surface area contributed by atoms with Gasteiger partial charge in [0.05, 0.1) is 6.61 Å². The lowest BCUT2D eigenvalue weighted by Gasteiger charge is -2.31. The molecule has 1 aromatic carbocycles. The van der Waals surface area contributed by atoms with Crippen LogP contribution in [0, 0.1) is 5.41 Å². The van der Waals surface area contributed by atoms with Gasteiger partial charge in [-0.1, -0.05) is 12.1 Å². The number of amidine groups is 1. The van der Waals surface area contributed by atoms with E-state index in [-0.39, 0.29) is 36.7 Å². The third kappa shape index (κ3) is 5.24. The van der Waals surface area contributed by atoms with E-state index in [1.165, 1.54) is 5.69 Å². The number of hydrogen-bond donors (Lipinski definition) is 2. The first kappa shape index (κ1) is 25.7. The number of esters is 1. The number of benzene rings is 1. The van der Waals surface area contributed by atoms with Crippen molar-refractivity contribution in [3.63, 3.8) is 0 Å². The van der Waals surface area contributed by atoms with E-state index >= 15 is 0 Å². The monoisotopic (exact) mass is 495 g/mol. The molecule has 0 radical (unpaired) electrons. The van der Waals surface area contributed by atoms with E-state index in [1.54, 1.807) is 11.8 Å². The molecule has 0 aliphatic carbocycles. The third-order valence-electron chi connectivity index (χ3n) is 7.47. The van der Waals surface area contributed by atoms with Crippen LogP contribution in [0.15, 0.2) is 24.3 Å². The molecule has 2 aromatic rings. The van der Waals surface area contributed by atoms with Gasteiger partial charge in [-0.15, -0.1) is 0 Å². The Morgan fingerprint density at radius 1 is 1.08 bits per heavy atom. The zero-order valence-electron chi connectivity index (χ0n) is 21.3. The number of aryl methyl sites for hydroxylation is 2. The van der Waals surface area contributed by atoms with Gasteiger partial charge < -0.3 is 24.8 Å². The van der Waals surface area contributed by atoms with E-state index in [4.69, 9.17) is 15.9 Å². The Morgan fingerprint density at radius 3 is 2.56 bits per heavy atom. The molecule has 3 N–H and O–H groups in total. The first-order valence-electron chi connectivity index (χ1n) is 13.1. The normalized spacial score (nSPS) is 19.7. The van der Waals surface area contributed by atoms with Crippen LogP contribution < -0.4 is 5.73 Å². The quantitative estimate of drug-likeness (QED) is 0.240. The van der Waals surface area contributed by atoms with Crippen molar-refractivity contribution >= 4 is 34.5 Å². The van der Waals surface area contributed by atoms with Crippen LogP contribution in [-0.4, -0.2) is 69.8 Å². The van der Waals surface area contributed by atoms with Crippen molar-refractivity contribution in [3.05, 3.63) is 35.5 Å². The predicted molar refractivity (Wildman–Crippen MR) is 138 cm³/mol. The number of amides is 2. The summed E-state index contributed by atoms with van der Waals surface area (Å²) in [6, 6.07) is 7.70. The Kier molecular flexibility index (Phi) is 7.96. The van der Waals surface area contributed by atoms with Gasteiger partial charge in [-0.2, -0.15) is 0 Å². The Bertz CT molecular complexity index is 1160. The first-order chi connectivity index (χ1) is 17.3. The minimum absolute atomic E-state index is 0.00865. The molecule has 9 nitrogen and oxygen atoms in total. The maximum Gasteiger partial charge on any atom is 0.315 e. The van der Waals surface area contributed by atoms with Gasteiger partial charge in [0.1, 0.15) is 18.3 Å². The Labute approximate surface area is 212 Å². The van der Waals surface area contributed by atoms with E-state index in [0.717, 1.165) is 49.6 Å². The Hall–Kier alpha value is -3.36. The average molecular weight is 496 g/mol. The Morgan fingerprint density at radius 2 is 1.83 bits per heavy atom. The van der Waals surface area contributed by atoms with Crippen LogP contribution in [0.4, 0.5) is 0 Å². The van der Waals surface area contributed by atoms with Gasteiger partial charge in [0, 0.05) is 42.5 Å². The summed E-state index contributed by atoms with van der Waals surface area (Å²) in [7, 11) is 0. The number of carbonyl (C=O) groups excluding carboxylic acids is 3. The van der Waals surface area contributed by atoms with Gasteiger partial charge in [0.25, 0.3) is 0 Å². The lowest BCUT2D eigenvalue weighted by Crippen LogP contribution is -2.49. The second-order valence-corrected chi connectivity index (χ2v) is 9.66. The van der Waals surface area contributed by atoms with Crippen molar-refractivity contribution in [2.75, 3.05) is 19.7 Å². The number of carbonyl (C=O) groups is 3. The number of nitrogens with one attached hydrogen (secondary N) is 1. The van der Waals surface area contributed by atoms with E-state index in [1.807, 2.05) is 23.1 Å². The largest absolute Gasteiger partial charge is 0.466 e. The fraction of sp³-hybridized carbons (Fsp3) is 0.556. The number of aromatic nitrogens is 1. The van der Waals surface area contributed by atoms with Gasteiger partial charge in [0.2, 0.25) is 11.8 Å². The van der Waals surface area contributed by atoms with Crippen LogP contribution in [0.3, 0.4) is 0 Å². The standard InChI is InChI=1S/C27H37N5O4/c1-3-30-21(15-18-9-10-19(26(28)29)16-23(18)30)12-11-20-7-5-13-31(20)27(35)22-8-6-14-32(22)24(33)17-25(34)36-4-2/h9-10,15-16,20,22H,3-8,11-14,17H2,1-2H3,(H3,28,29)/t20-,22+/m0/s1. The number of nitrogens with zero attached hydrogens (tertiary/aromatic N) is 3. The summed E-state index contributed by atoms with van der Waals surface area (Å²) in [5, 5.41) is 8.87. The molecule has 2 amide bonds. The second kappa shape index (κ2) is 11.1. The van der Waals surface area contributed by atoms with Gasteiger partial charge in [-0.25, -0.2) is 0 Å². The number of hydrogen-bond acceptors (Lipinski definition) is 5. The fourth-order valence-corrected chi connectivity index (χ4v) is 5.75. The SMILES string of the molecule is CCOC(=O)CC(=O)N1CCC[C@@H]1C(=O)N1CCC[C@H]1CCc1cc2ccc(C(=N)N)cc2n1CC. The number of rotatable bonds is 9. The molecule has 0 saturated carbocycles. The summed E-state index contributed by atoms with van der Waals surface area (Å²) >= 11 is 0. The van der Waals surface area contributed by atoms with Gasteiger partial charge in [-0.3, -0.25) is 19.8 Å². The highest BCUT2D eigenvalue weighted by Gasteiger charge is 2.40. The Balaban J connectivity index is 1.44. The molecule has 2 saturated heterocycles. The highest BCUT2D eigenvalue weighted by atomic mass is 16.5. The number of nitrogen functional groups attached to an aromatic ring is 1. The van der Waals surface area contributed by atoms with Gasteiger partial charge in [-0.05, 0) is 69.9 Å². The molecule has 3 heterocycles. The second-order valence-electron chi connectivity index (χ2n) is 9.66. The minimum atomic E-state index is -0.540. The van der Waals surface area contributed by atoms with Gasteiger partial charge >= 0.3 is 5.97 Å². The van der Waals surface area contributed by atoms with Crippen molar-refractivity contribution in [1.29, 1.82) is 5.41 Å². The summed E-state index contributed by atoms with van der Waals surface area (Å²) in [5.41, 5.74) is 8.69. The lowest BCUT2D eigenvalue weighted by molar-refractivity contribution is -0.152. The molecule has 2 aliphatic heterocycles. The van der Waals surface area contributed by atoms with Crippen molar-refractivity contribution in [1.82, 2.24) is 14.4 Å². The topological polar surface area (TPSA) is 122 Å². The highest BCUT2D eigenvalue weighted by Crippen LogP contribution is 2.29. The molecule has 0 unspecified atom stereocenters. The van der Waals surface area contributed by atoms with Gasteiger partial charge in [0.15, 0.2) is 0 Å². The third-order valence-corrected chi connectivity index (χ3v) is 7.47. The van der Waals surface area contributed by atoms with Crippen LogP contribution in [0.1, 0.15) is 63.6 Å². The average Bonchev–Trinajstić information content (AvgIpc) is 3.59. The summed E-state index contributed by atoms with van der Waals surface area (Å²) in [5.74, 6) is -0.794. The van der Waals surface area contributed by atoms with E-state index < -0.39 is 12.0 Å². The zero-order valence-corrected chi connectivity index (χ0v) is 21.3. The first-order valence-corrected chi connectivity index (χ1v) is 13.1. The molecular weight excluding hydrogens is 458 g/mol. The summed E-state index contributed by atoms with van der Waals surface area (Å²) < 4.78 is 7.18. The smallest absolute Gasteiger partial charge is 0.315 e. The summed E-state index contributed by atoms with van der Waals surface area (Å²) in [6.07, 6.45) is 4.69. The molecule has 0 spiro atoms. The zero-order chi connectivity index (χ0) is 25.8. The maximum absolute atomic E-state index is 13.5. The molecule has 36 heavy (non-hydrogen) atoms. The summed E-state index contributed by atoms with van der Waals surface area (Å²) in [4.78, 5) is 41.6. The maximum atomic E-state index is 13.5. The molecular formula is C27H37N5O4. The van der Waals surface area contributed by atoms with Crippen molar-refractivity contribution in [2.24, 2.45) is 5.73 Å². The van der Waals surface area contributed by atoms with Crippen LogP contribution in [0.5, 0.6) is 0 Å². The number of nitrogens with two attached hydrogens (primary N) is 1. The molecule has 2 fully saturated rings. The molecule has 2 atom stereocenters. The van der Waals surface area contributed by atoms with Crippen LogP contribution >= 0.6 is 0 Å². The summed E-state index contributed by atoms with van der Waals surface area (Å²) in [6.45, 7) is 6.08. The predicted octanol–water partition coefficient (Wildman–Crippen LogP) is 2.81. The molecule has 9 heteroatoms. The van der Waals surface area contributed by atoms with E-state index in [2.05, 4.69) is 17.6 Å². The molecule has 194 valence electrons. The van der Waals surface area contributed by atoms with Crippen molar-refractivity contribution in [2.45, 2.75) is 77.4 Å². The number of ether oxygens (including phenoxy) is 1. The number of fused-ring (bicyclic) bond motifs is 1. The molecule has 1 aromatic heterocycles. The van der Waals surface area contributed by atoms with Crippen LogP contribution in [0.2, 0.25) is 0 Å². The molecule has 4 rings (SSSR count). The van der Waals surface area contributed by atoms with Crippen molar-refractivity contribution < 1.29 is 19.1 Å². The van der Waals surface area contributed by atoms with E-state index in [0.29, 0.717) is 25.1 Å². The lowest BCUT2D eigenvalue weighted by atomic mass is 10.1. The van der Waals surface area contributed by atoms with E-state index in [9.17, 15) is 14.4 Å². The van der Waals surface area contributed by atoms with Crippen LogP contribution in [0.25, 0.3) is 10.9 Å².